The Bertz CT molecular complexity index is 332. The quantitative estimate of drug-likeness (QED) is 0.571. The Balaban J connectivity index is 2.00. The maximum absolute atomic E-state index is 9.24. The van der Waals surface area contributed by atoms with Crippen LogP contribution in [0.2, 0.25) is 0 Å². The number of hydrogen-bond acceptors (Lipinski definition) is 2. The second-order valence-electron chi connectivity index (χ2n) is 5.67. The first-order valence-electron chi connectivity index (χ1n) is 8.12. The molecule has 20 heavy (non-hydrogen) atoms. The molecule has 1 unspecified atom stereocenters. The lowest BCUT2D eigenvalue weighted by Gasteiger charge is -2.13. The van der Waals surface area contributed by atoms with E-state index in [2.05, 4.69) is 13.8 Å². The molecule has 1 rings (SSSR count). The summed E-state index contributed by atoms with van der Waals surface area (Å²) in [5.41, 5.74) is 1.22. The standard InChI is InChI=1S/C18H30O2/c1-3-4-5-6-7-8-9-14-20-16(2)15-17-10-12-18(19)13-11-17/h10-13,16,19H,3-9,14-15H2,1-2H3. The first-order chi connectivity index (χ1) is 9.72. The number of phenolic OH excluding ortho intramolecular Hbond substituents is 1. The van der Waals surface area contributed by atoms with E-state index in [1.54, 1.807) is 12.1 Å². The maximum atomic E-state index is 9.24. The van der Waals surface area contributed by atoms with Gasteiger partial charge >= 0.3 is 0 Å². The van der Waals surface area contributed by atoms with Gasteiger partial charge in [-0.3, -0.25) is 0 Å². The number of rotatable bonds is 11. The van der Waals surface area contributed by atoms with E-state index in [1.165, 1.54) is 50.5 Å². The third-order valence-electron chi connectivity index (χ3n) is 3.61. The predicted molar refractivity (Wildman–Crippen MR) is 85.2 cm³/mol. The van der Waals surface area contributed by atoms with Crippen molar-refractivity contribution in [3.05, 3.63) is 29.8 Å². The van der Waals surface area contributed by atoms with Gasteiger partial charge in [-0.05, 0) is 37.5 Å². The molecule has 0 spiro atoms. The molecule has 0 fully saturated rings. The Hall–Kier alpha value is -1.02. The number of hydrogen-bond donors (Lipinski definition) is 1. The van der Waals surface area contributed by atoms with Gasteiger partial charge in [0.1, 0.15) is 5.75 Å². The normalized spacial score (nSPS) is 12.5. The molecule has 2 nitrogen and oxygen atoms in total. The fraction of sp³-hybridized carbons (Fsp3) is 0.667. The van der Waals surface area contributed by atoms with Crippen LogP contribution in [0.25, 0.3) is 0 Å². The Morgan fingerprint density at radius 3 is 2.20 bits per heavy atom. The molecule has 0 amide bonds. The van der Waals surface area contributed by atoms with E-state index in [-0.39, 0.29) is 6.10 Å². The molecule has 1 aromatic rings. The molecule has 0 aromatic heterocycles. The molecule has 114 valence electrons. The van der Waals surface area contributed by atoms with Crippen LogP contribution in [0.1, 0.15) is 64.4 Å². The first-order valence-corrected chi connectivity index (χ1v) is 8.12. The summed E-state index contributed by atoms with van der Waals surface area (Å²) in [6.45, 7) is 5.24. The van der Waals surface area contributed by atoms with E-state index < -0.39 is 0 Å². The number of unbranched alkanes of at least 4 members (excludes halogenated alkanes) is 6. The minimum absolute atomic E-state index is 0.250. The summed E-state index contributed by atoms with van der Waals surface area (Å²) in [5.74, 6) is 0.324. The van der Waals surface area contributed by atoms with Gasteiger partial charge in [-0.15, -0.1) is 0 Å². The molecule has 0 aliphatic heterocycles. The molecule has 1 N–H and O–H groups in total. The van der Waals surface area contributed by atoms with Gasteiger partial charge in [-0.25, -0.2) is 0 Å². The summed E-state index contributed by atoms with van der Waals surface area (Å²) < 4.78 is 5.84. The molecule has 0 saturated heterocycles. The van der Waals surface area contributed by atoms with Gasteiger partial charge in [0, 0.05) is 6.61 Å². The fourth-order valence-corrected chi connectivity index (χ4v) is 2.37. The van der Waals surface area contributed by atoms with Crippen molar-refractivity contribution in [3.8, 4) is 5.75 Å². The third kappa shape index (κ3) is 8.21. The highest BCUT2D eigenvalue weighted by atomic mass is 16.5. The lowest BCUT2D eigenvalue weighted by atomic mass is 10.1. The molecule has 1 aromatic carbocycles. The monoisotopic (exact) mass is 278 g/mol. The van der Waals surface area contributed by atoms with Crippen LogP contribution >= 0.6 is 0 Å². The van der Waals surface area contributed by atoms with Crippen LogP contribution in [-0.4, -0.2) is 17.8 Å². The van der Waals surface area contributed by atoms with Gasteiger partial charge in [0.25, 0.3) is 0 Å². The lowest BCUT2D eigenvalue weighted by Crippen LogP contribution is -2.12. The van der Waals surface area contributed by atoms with Crippen molar-refractivity contribution in [2.24, 2.45) is 0 Å². The SMILES string of the molecule is CCCCCCCCCOC(C)Cc1ccc(O)cc1. The Labute approximate surface area is 124 Å². The van der Waals surface area contributed by atoms with E-state index >= 15 is 0 Å². The Morgan fingerprint density at radius 1 is 0.950 bits per heavy atom. The summed E-state index contributed by atoms with van der Waals surface area (Å²) in [4.78, 5) is 0. The minimum atomic E-state index is 0.250. The van der Waals surface area contributed by atoms with Gasteiger partial charge in [0.15, 0.2) is 0 Å². The van der Waals surface area contributed by atoms with Crippen LogP contribution in [0, 0.1) is 0 Å². The Kier molecular flexibility index (Phi) is 9.14. The summed E-state index contributed by atoms with van der Waals surface area (Å²) in [7, 11) is 0. The highest BCUT2D eigenvalue weighted by molar-refractivity contribution is 5.26. The first kappa shape index (κ1) is 17.0. The fourth-order valence-electron chi connectivity index (χ4n) is 2.37. The predicted octanol–water partition coefficient (Wildman–Crippen LogP) is 5.09. The number of ether oxygens (including phenoxy) is 1. The second-order valence-corrected chi connectivity index (χ2v) is 5.67. The van der Waals surface area contributed by atoms with Crippen LogP contribution in [0.15, 0.2) is 24.3 Å². The molecule has 0 aliphatic carbocycles. The van der Waals surface area contributed by atoms with Crippen LogP contribution in [0.3, 0.4) is 0 Å². The van der Waals surface area contributed by atoms with Gasteiger partial charge in [-0.1, -0.05) is 57.6 Å². The molecule has 2 heteroatoms. The molecular weight excluding hydrogens is 248 g/mol. The minimum Gasteiger partial charge on any atom is -0.508 e. The molecule has 0 bridgehead atoms. The average Bonchev–Trinajstić information content (AvgIpc) is 2.44. The molecule has 0 saturated carbocycles. The van der Waals surface area contributed by atoms with E-state index in [0.717, 1.165) is 13.0 Å². The number of aromatic hydroxyl groups is 1. The van der Waals surface area contributed by atoms with Crippen LogP contribution in [0.5, 0.6) is 5.75 Å². The largest absolute Gasteiger partial charge is 0.508 e. The van der Waals surface area contributed by atoms with Crippen molar-refractivity contribution in [3.63, 3.8) is 0 Å². The van der Waals surface area contributed by atoms with Gasteiger partial charge in [-0.2, -0.15) is 0 Å². The van der Waals surface area contributed by atoms with Crippen LogP contribution < -0.4 is 0 Å². The number of benzene rings is 1. The smallest absolute Gasteiger partial charge is 0.115 e. The van der Waals surface area contributed by atoms with Crippen molar-refractivity contribution >= 4 is 0 Å². The summed E-state index contributed by atoms with van der Waals surface area (Å²) in [6, 6.07) is 7.39. The summed E-state index contributed by atoms with van der Waals surface area (Å²) in [6.07, 6.45) is 10.4. The average molecular weight is 278 g/mol. The van der Waals surface area contributed by atoms with Crippen molar-refractivity contribution < 1.29 is 9.84 Å². The molecular formula is C18H30O2. The van der Waals surface area contributed by atoms with E-state index in [0.29, 0.717) is 5.75 Å². The van der Waals surface area contributed by atoms with E-state index in [4.69, 9.17) is 4.74 Å². The molecule has 0 radical (unpaired) electrons. The highest BCUT2D eigenvalue weighted by Crippen LogP contribution is 2.13. The number of phenols is 1. The van der Waals surface area contributed by atoms with Gasteiger partial charge in [0.2, 0.25) is 0 Å². The molecule has 0 heterocycles. The zero-order valence-corrected chi connectivity index (χ0v) is 13.1. The van der Waals surface area contributed by atoms with E-state index in [1.807, 2.05) is 12.1 Å². The molecule has 1 atom stereocenters. The topological polar surface area (TPSA) is 29.5 Å². The zero-order valence-electron chi connectivity index (χ0n) is 13.1. The molecule has 0 aliphatic rings. The van der Waals surface area contributed by atoms with Crippen molar-refractivity contribution in [1.82, 2.24) is 0 Å². The second kappa shape index (κ2) is 10.7. The van der Waals surface area contributed by atoms with Crippen molar-refractivity contribution in [2.45, 2.75) is 71.3 Å². The zero-order chi connectivity index (χ0) is 14.6. The van der Waals surface area contributed by atoms with Crippen molar-refractivity contribution in [2.75, 3.05) is 6.61 Å². The van der Waals surface area contributed by atoms with E-state index in [9.17, 15) is 5.11 Å². The highest BCUT2D eigenvalue weighted by Gasteiger charge is 2.03. The Morgan fingerprint density at radius 2 is 1.55 bits per heavy atom. The summed E-state index contributed by atoms with van der Waals surface area (Å²) >= 11 is 0. The van der Waals surface area contributed by atoms with Crippen LogP contribution in [0.4, 0.5) is 0 Å². The summed E-state index contributed by atoms with van der Waals surface area (Å²) in [5, 5.41) is 9.24. The maximum Gasteiger partial charge on any atom is 0.115 e. The van der Waals surface area contributed by atoms with Gasteiger partial charge < -0.3 is 9.84 Å². The van der Waals surface area contributed by atoms with Crippen molar-refractivity contribution in [1.29, 1.82) is 0 Å². The lowest BCUT2D eigenvalue weighted by molar-refractivity contribution is 0.0634. The van der Waals surface area contributed by atoms with Crippen LogP contribution in [-0.2, 0) is 11.2 Å². The van der Waals surface area contributed by atoms with Gasteiger partial charge in [0.05, 0.1) is 6.10 Å². The third-order valence-corrected chi connectivity index (χ3v) is 3.61.